The normalized spacial score (nSPS) is 9.67. The Kier molecular flexibility index (Phi) is 6.49. The molecule has 0 N–H and O–H groups in total. The van der Waals surface area contributed by atoms with Crippen molar-refractivity contribution in [2.75, 3.05) is 0 Å². The van der Waals surface area contributed by atoms with Crippen LogP contribution in [-0.2, 0) is 21.2 Å². The van der Waals surface area contributed by atoms with Crippen LogP contribution in [0.4, 0.5) is 0 Å². The predicted molar refractivity (Wildman–Crippen MR) is 2.49 cm³/mol. The average molecular weight is 156 g/mol. The van der Waals surface area contributed by atoms with E-state index in [1.807, 2.05) is 0 Å². The predicted octanol–water partition coefficient (Wildman–Crippen LogP) is -5.50. The van der Waals surface area contributed by atoms with Crippen molar-refractivity contribution >= 4 is 0 Å². The molecule has 0 aromatic rings. The van der Waals surface area contributed by atoms with Crippen molar-refractivity contribution in [2.24, 2.45) is 0 Å². The summed E-state index contributed by atoms with van der Waals surface area (Å²) in [5, 5.41) is 0. The first-order valence-electron chi connectivity index (χ1n) is 0.667. The molecule has 0 amide bonds. The SMILES string of the molecule is [H+].[K+].[O]=[Cr](=[O])([O-])[O-]. The van der Waals surface area contributed by atoms with Gasteiger partial charge in [0, 0.05) is 0 Å². The van der Waals surface area contributed by atoms with Crippen LogP contribution in [0, 0.1) is 0 Å². The standard InChI is InChI=1S/Cr.K.4O/q;+1;;;2*-1/p+1. The second-order valence-corrected chi connectivity index (χ2v) is 1.68. The van der Waals surface area contributed by atoms with Crippen LogP contribution in [0.3, 0.4) is 0 Å². The van der Waals surface area contributed by atoms with Gasteiger partial charge in [-0.05, 0) is 0 Å². The van der Waals surface area contributed by atoms with Crippen molar-refractivity contribution in [1.82, 2.24) is 0 Å². The zero-order valence-electron chi connectivity index (χ0n) is 4.04. The second-order valence-electron chi connectivity index (χ2n) is 0.408. The third-order valence-corrected chi connectivity index (χ3v) is 0. The van der Waals surface area contributed by atoms with E-state index >= 15 is 0 Å². The van der Waals surface area contributed by atoms with Gasteiger partial charge in [-0.15, -0.1) is 0 Å². The van der Waals surface area contributed by atoms with Gasteiger partial charge in [-0.1, -0.05) is 0 Å². The van der Waals surface area contributed by atoms with Crippen molar-refractivity contribution in [2.45, 2.75) is 0 Å². The molecular formula is HCrKO4. The zero-order valence-corrected chi connectivity index (χ0v) is 7.44. The Morgan fingerprint density at radius 1 is 1.33 bits per heavy atom. The maximum atomic E-state index is 8.59. The summed E-state index contributed by atoms with van der Waals surface area (Å²) in [4.78, 5) is 0. The molecule has 0 aliphatic heterocycles. The topological polar surface area (TPSA) is 80.3 Å². The van der Waals surface area contributed by atoms with E-state index in [0.29, 0.717) is 0 Å². The van der Waals surface area contributed by atoms with Crippen molar-refractivity contribution in [1.29, 1.82) is 0 Å². The van der Waals surface area contributed by atoms with Crippen LogP contribution < -0.4 is 59.7 Å². The zero-order chi connectivity index (χ0) is 4.50. The first-order chi connectivity index (χ1) is 2.00. The molecule has 0 aliphatic rings. The molecule has 0 saturated carbocycles. The van der Waals surface area contributed by atoms with E-state index in [-0.39, 0.29) is 52.8 Å². The molecule has 0 atom stereocenters. The van der Waals surface area contributed by atoms with Crippen LogP contribution >= 0.6 is 0 Å². The van der Waals surface area contributed by atoms with Crippen LogP contribution in [-0.4, -0.2) is 0 Å². The molecule has 0 aromatic carbocycles. The molecule has 4 nitrogen and oxygen atoms in total. The van der Waals surface area contributed by atoms with E-state index in [2.05, 4.69) is 0 Å². The van der Waals surface area contributed by atoms with Gasteiger partial charge >= 0.3 is 82.3 Å². The minimum absolute atomic E-state index is 0. The Balaban J connectivity index is -0.0000000800. The summed E-state index contributed by atoms with van der Waals surface area (Å²) in [5.41, 5.74) is 0. The van der Waals surface area contributed by atoms with Crippen molar-refractivity contribution in [3.63, 3.8) is 0 Å². The van der Waals surface area contributed by atoms with E-state index in [9.17, 15) is 0 Å². The van der Waals surface area contributed by atoms with Gasteiger partial charge in [0.05, 0.1) is 0 Å². The summed E-state index contributed by atoms with van der Waals surface area (Å²) in [6, 6.07) is 0. The maximum absolute atomic E-state index is 8.59. The third-order valence-electron chi connectivity index (χ3n) is 0. The Hall–Kier alpha value is 1.69. The van der Waals surface area contributed by atoms with Gasteiger partial charge in [0.25, 0.3) is 0 Å². The Labute approximate surface area is 80.8 Å². The summed E-state index contributed by atoms with van der Waals surface area (Å²) in [6.07, 6.45) is 0. The summed E-state index contributed by atoms with van der Waals surface area (Å²) < 4.78 is 34.4. The molecule has 0 saturated heterocycles. The quantitative estimate of drug-likeness (QED) is 0.328. The summed E-state index contributed by atoms with van der Waals surface area (Å²) in [6.45, 7) is 0. The number of hydrogen-bond donors (Lipinski definition) is 0. The second kappa shape index (κ2) is 3.66. The molecule has 0 unspecified atom stereocenters. The van der Waals surface area contributed by atoms with Gasteiger partial charge in [-0.2, -0.15) is 0 Å². The van der Waals surface area contributed by atoms with Crippen molar-refractivity contribution in [3.05, 3.63) is 0 Å². The number of hydrogen-bond acceptors (Lipinski definition) is 4. The Morgan fingerprint density at radius 3 is 1.33 bits per heavy atom. The fourth-order valence-electron chi connectivity index (χ4n) is 0. The molecule has 32 valence electrons. The van der Waals surface area contributed by atoms with Crippen LogP contribution in [0.2, 0.25) is 0 Å². The molecule has 0 radical (unpaired) electrons. The van der Waals surface area contributed by atoms with Crippen LogP contribution in [0.1, 0.15) is 1.43 Å². The first-order valence-corrected chi connectivity index (χ1v) is 2.75. The van der Waals surface area contributed by atoms with Gasteiger partial charge in [-0.25, -0.2) is 0 Å². The average Bonchev–Trinajstić information content (AvgIpc) is 0.722. The van der Waals surface area contributed by atoms with Crippen molar-refractivity contribution < 1.29 is 82.3 Å². The van der Waals surface area contributed by atoms with E-state index < -0.39 is 13.6 Å². The molecule has 0 spiro atoms. The van der Waals surface area contributed by atoms with E-state index in [4.69, 9.17) is 15.9 Å². The summed E-state index contributed by atoms with van der Waals surface area (Å²) in [5.74, 6) is 0. The van der Waals surface area contributed by atoms with Gasteiger partial charge in [0.1, 0.15) is 0 Å². The molecule has 0 rings (SSSR count). The van der Waals surface area contributed by atoms with Crippen LogP contribution in [0.5, 0.6) is 0 Å². The fourth-order valence-corrected chi connectivity index (χ4v) is 0. The Bertz CT molecular complexity index is 94.9. The Morgan fingerprint density at radius 2 is 1.33 bits per heavy atom. The van der Waals surface area contributed by atoms with Crippen LogP contribution in [0.15, 0.2) is 0 Å². The monoisotopic (exact) mass is 156 g/mol. The molecule has 6 heavy (non-hydrogen) atoms. The molecular weight excluding hydrogens is 155 g/mol. The summed E-state index contributed by atoms with van der Waals surface area (Å²) >= 11 is -5.75. The van der Waals surface area contributed by atoms with E-state index in [1.165, 1.54) is 0 Å². The van der Waals surface area contributed by atoms with E-state index in [1.54, 1.807) is 0 Å². The van der Waals surface area contributed by atoms with Gasteiger partial charge in [-0.3, -0.25) is 0 Å². The van der Waals surface area contributed by atoms with Crippen molar-refractivity contribution in [3.8, 4) is 0 Å². The molecule has 6 heteroatoms. The molecule has 0 heterocycles. The molecule has 0 fully saturated rings. The molecule has 0 aromatic heterocycles. The number of rotatable bonds is 0. The summed E-state index contributed by atoms with van der Waals surface area (Å²) in [7, 11) is 0. The van der Waals surface area contributed by atoms with Gasteiger partial charge in [0.15, 0.2) is 0 Å². The molecule has 0 aliphatic carbocycles. The van der Waals surface area contributed by atoms with Gasteiger partial charge in [0.2, 0.25) is 0 Å². The fraction of sp³-hybridized carbons (Fsp3) is 0. The van der Waals surface area contributed by atoms with E-state index in [0.717, 1.165) is 0 Å². The molecule has 0 bridgehead atoms. The van der Waals surface area contributed by atoms with Gasteiger partial charge < -0.3 is 0 Å². The first kappa shape index (κ1) is 10.6. The third kappa shape index (κ3) is 43.9. The minimum atomic E-state index is -5.75. The van der Waals surface area contributed by atoms with Crippen LogP contribution in [0.25, 0.3) is 0 Å².